The minimum atomic E-state index is -0.331. The Morgan fingerprint density at radius 2 is 2.10 bits per heavy atom. The number of aromatic amines is 1. The minimum absolute atomic E-state index is 0.307. The van der Waals surface area contributed by atoms with E-state index < -0.39 is 0 Å². The van der Waals surface area contributed by atoms with Gasteiger partial charge in [0.2, 0.25) is 0 Å². The van der Waals surface area contributed by atoms with Gasteiger partial charge in [0, 0.05) is 11.5 Å². The molecule has 0 unspecified atom stereocenters. The molecule has 158 valence electrons. The molecule has 10 heteroatoms. The van der Waals surface area contributed by atoms with Gasteiger partial charge in [0.1, 0.15) is 22.1 Å². The second-order valence-corrected chi connectivity index (χ2v) is 8.00. The minimum Gasteiger partial charge on any atom is -0.497 e. The molecule has 1 aliphatic carbocycles. The van der Waals surface area contributed by atoms with Gasteiger partial charge in [-0.05, 0) is 48.6 Å². The van der Waals surface area contributed by atoms with Crippen molar-refractivity contribution in [2.75, 3.05) is 19.5 Å². The summed E-state index contributed by atoms with van der Waals surface area (Å²) in [6, 6.07) is 8.87. The first-order chi connectivity index (χ1) is 15.2. The molecule has 31 heavy (non-hydrogen) atoms. The van der Waals surface area contributed by atoms with E-state index in [9.17, 15) is 4.79 Å². The Balaban J connectivity index is 1.37. The van der Waals surface area contributed by atoms with E-state index in [4.69, 9.17) is 14.0 Å². The number of H-pyrrole nitrogens is 1. The predicted molar refractivity (Wildman–Crippen MR) is 115 cm³/mol. The molecule has 1 saturated carbocycles. The molecular formula is C21H19N5O4S. The van der Waals surface area contributed by atoms with Crippen LogP contribution in [0.15, 0.2) is 40.2 Å². The van der Waals surface area contributed by atoms with E-state index >= 15 is 0 Å². The van der Waals surface area contributed by atoms with Gasteiger partial charge in [-0.2, -0.15) is 10.1 Å². The molecule has 0 radical (unpaired) electrons. The average molecular weight is 437 g/mol. The number of carbonyl (C=O) groups excluding carboxylic acids is 1. The Bertz CT molecular complexity index is 1240. The standard InChI is InChI=1S/C21H19N5O4S/c1-28-12-5-6-17(29-2)13(9-12)15-10-16(25-24-15)20(27)22-14-7-8-31-18(14)21-23-19(26-30-21)11-3-4-11/h5-11H,3-4H2,1-2H3,(H,22,27)(H,24,25). The summed E-state index contributed by atoms with van der Waals surface area (Å²) in [5, 5.41) is 15.9. The van der Waals surface area contributed by atoms with E-state index in [1.54, 1.807) is 44.6 Å². The number of hydrogen-bond donors (Lipinski definition) is 2. The van der Waals surface area contributed by atoms with Crippen LogP contribution in [0.5, 0.6) is 11.5 Å². The number of amides is 1. The molecule has 1 amide bonds. The number of thiophene rings is 1. The van der Waals surface area contributed by atoms with E-state index in [0.717, 1.165) is 23.5 Å². The SMILES string of the molecule is COc1ccc(OC)c(-c2cc(C(=O)Nc3ccsc3-c3nc(C4CC4)no3)[nH]n2)c1. The van der Waals surface area contributed by atoms with Crippen LogP contribution in [-0.2, 0) is 0 Å². The fourth-order valence-electron chi connectivity index (χ4n) is 3.19. The van der Waals surface area contributed by atoms with Crippen molar-refractivity contribution in [3.63, 3.8) is 0 Å². The third-order valence-corrected chi connectivity index (χ3v) is 5.90. The molecule has 5 rings (SSSR count). The number of rotatable bonds is 7. The van der Waals surface area contributed by atoms with Gasteiger partial charge in [0.15, 0.2) is 5.82 Å². The maximum atomic E-state index is 12.8. The van der Waals surface area contributed by atoms with Crippen molar-refractivity contribution in [3.05, 3.63) is 47.2 Å². The zero-order chi connectivity index (χ0) is 21.4. The molecule has 1 aromatic carbocycles. The van der Waals surface area contributed by atoms with Crippen molar-refractivity contribution in [1.29, 1.82) is 0 Å². The highest BCUT2D eigenvalue weighted by atomic mass is 32.1. The first-order valence-electron chi connectivity index (χ1n) is 9.67. The Hall–Kier alpha value is -3.66. The van der Waals surface area contributed by atoms with Crippen molar-refractivity contribution in [2.24, 2.45) is 0 Å². The summed E-state index contributed by atoms with van der Waals surface area (Å²) >= 11 is 1.43. The molecule has 0 spiro atoms. The number of methoxy groups -OCH3 is 2. The first-order valence-corrected chi connectivity index (χ1v) is 10.5. The van der Waals surface area contributed by atoms with Gasteiger partial charge < -0.3 is 19.3 Å². The molecule has 0 saturated heterocycles. The third-order valence-electron chi connectivity index (χ3n) is 5.00. The van der Waals surface area contributed by atoms with Crippen molar-refractivity contribution < 1.29 is 18.8 Å². The van der Waals surface area contributed by atoms with Gasteiger partial charge in [0.25, 0.3) is 11.8 Å². The summed E-state index contributed by atoms with van der Waals surface area (Å²) in [7, 11) is 3.17. The van der Waals surface area contributed by atoms with Crippen LogP contribution < -0.4 is 14.8 Å². The maximum Gasteiger partial charge on any atom is 0.273 e. The van der Waals surface area contributed by atoms with Crippen LogP contribution in [0.25, 0.3) is 22.0 Å². The molecule has 9 nitrogen and oxygen atoms in total. The Morgan fingerprint density at radius 3 is 2.87 bits per heavy atom. The van der Waals surface area contributed by atoms with Crippen LogP contribution in [0.2, 0.25) is 0 Å². The number of nitrogens with zero attached hydrogens (tertiary/aromatic N) is 3. The van der Waals surface area contributed by atoms with Gasteiger partial charge >= 0.3 is 0 Å². The Labute approximate surface area is 181 Å². The van der Waals surface area contributed by atoms with Gasteiger partial charge in [-0.15, -0.1) is 11.3 Å². The summed E-state index contributed by atoms with van der Waals surface area (Å²) < 4.78 is 16.1. The second kappa shape index (κ2) is 7.88. The van der Waals surface area contributed by atoms with Crippen molar-refractivity contribution in [2.45, 2.75) is 18.8 Å². The van der Waals surface area contributed by atoms with E-state index in [-0.39, 0.29) is 5.91 Å². The second-order valence-electron chi connectivity index (χ2n) is 7.08. The monoisotopic (exact) mass is 437 g/mol. The lowest BCUT2D eigenvalue weighted by Crippen LogP contribution is -2.12. The van der Waals surface area contributed by atoms with Crippen LogP contribution in [-0.4, -0.2) is 40.5 Å². The molecule has 3 heterocycles. The molecule has 3 aromatic heterocycles. The van der Waals surface area contributed by atoms with Crippen LogP contribution in [0.3, 0.4) is 0 Å². The van der Waals surface area contributed by atoms with Gasteiger partial charge in [0.05, 0.1) is 25.6 Å². The first kappa shape index (κ1) is 19.3. The number of hydrogen-bond acceptors (Lipinski definition) is 8. The number of carbonyl (C=O) groups is 1. The summed E-state index contributed by atoms with van der Waals surface area (Å²) in [6.45, 7) is 0. The zero-order valence-corrected chi connectivity index (χ0v) is 17.7. The van der Waals surface area contributed by atoms with Gasteiger partial charge in [-0.1, -0.05) is 5.16 Å². The zero-order valence-electron chi connectivity index (χ0n) is 16.8. The topological polar surface area (TPSA) is 115 Å². The highest BCUT2D eigenvalue weighted by molar-refractivity contribution is 7.14. The largest absolute Gasteiger partial charge is 0.497 e. The molecule has 1 fully saturated rings. The lowest BCUT2D eigenvalue weighted by atomic mass is 10.1. The molecule has 0 bridgehead atoms. The number of anilines is 1. The predicted octanol–water partition coefficient (Wildman–Crippen LogP) is 4.34. The highest BCUT2D eigenvalue weighted by Gasteiger charge is 2.29. The molecule has 0 atom stereocenters. The van der Waals surface area contributed by atoms with Gasteiger partial charge in [-0.3, -0.25) is 9.89 Å². The summed E-state index contributed by atoms with van der Waals surface area (Å²) in [4.78, 5) is 18.0. The van der Waals surface area contributed by atoms with Crippen LogP contribution in [0.1, 0.15) is 35.1 Å². The normalized spacial score (nSPS) is 13.2. The molecule has 2 N–H and O–H groups in total. The molecule has 1 aliphatic rings. The Morgan fingerprint density at radius 1 is 1.23 bits per heavy atom. The van der Waals surface area contributed by atoms with E-state index in [2.05, 4.69) is 25.7 Å². The smallest absolute Gasteiger partial charge is 0.273 e. The summed E-state index contributed by atoms with van der Waals surface area (Å²) in [6.07, 6.45) is 2.18. The quantitative estimate of drug-likeness (QED) is 0.442. The maximum absolute atomic E-state index is 12.8. The van der Waals surface area contributed by atoms with E-state index in [0.29, 0.717) is 45.9 Å². The number of benzene rings is 1. The Kier molecular flexibility index (Phi) is 4.91. The number of nitrogens with one attached hydrogen (secondary N) is 2. The van der Waals surface area contributed by atoms with Crippen LogP contribution >= 0.6 is 11.3 Å². The lowest BCUT2D eigenvalue weighted by molar-refractivity contribution is 0.102. The van der Waals surface area contributed by atoms with E-state index in [1.807, 2.05) is 5.38 Å². The number of ether oxygens (including phenoxy) is 2. The summed E-state index contributed by atoms with van der Waals surface area (Å²) in [5.74, 6) is 2.50. The molecule has 4 aromatic rings. The third kappa shape index (κ3) is 3.77. The van der Waals surface area contributed by atoms with E-state index in [1.165, 1.54) is 11.3 Å². The fourth-order valence-corrected chi connectivity index (χ4v) is 3.96. The molecule has 0 aliphatic heterocycles. The van der Waals surface area contributed by atoms with Crippen LogP contribution in [0.4, 0.5) is 5.69 Å². The van der Waals surface area contributed by atoms with Crippen LogP contribution in [0, 0.1) is 0 Å². The van der Waals surface area contributed by atoms with Crippen molar-refractivity contribution in [3.8, 4) is 33.5 Å². The summed E-state index contributed by atoms with van der Waals surface area (Å²) in [5.41, 5.74) is 2.20. The average Bonchev–Trinajstić information content (AvgIpc) is 3.19. The lowest BCUT2D eigenvalue weighted by Gasteiger charge is -2.08. The van der Waals surface area contributed by atoms with Gasteiger partial charge in [-0.25, -0.2) is 0 Å². The van der Waals surface area contributed by atoms with Crippen molar-refractivity contribution >= 4 is 22.9 Å². The highest BCUT2D eigenvalue weighted by Crippen LogP contribution is 2.40. The molecular weight excluding hydrogens is 418 g/mol. The van der Waals surface area contributed by atoms with Crippen molar-refractivity contribution in [1.82, 2.24) is 20.3 Å². The number of aromatic nitrogens is 4. The fraction of sp³-hybridized carbons (Fsp3) is 0.238.